The van der Waals surface area contributed by atoms with E-state index in [1.165, 1.54) is 22.2 Å². The number of aliphatic hydroxyl groups is 1. The van der Waals surface area contributed by atoms with Crippen LogP contribution in [0, 0.1) is 0 Å². The molecule has 3 N–H and O–H groups in total. The average Bonchev–Trinajstić information content (AvgIpc) is 2.60. The molecule has 2 aromatic rings. The average molecular weight is 185 g/mol. The minimum Gasteiger partial charge on any atom is -0.394 e. The lowest BCUT2D eigenvalue weighted by atomic mass is 10.4. The lowest BCUT2D eigenvalue weighted by molar-refractivity contribution is 0.267. The van der Waals surface area contributed by atoms with Crippen molar-refractivity contribution >= 4 is 16.3 Å². The third kappa shape index (κ3) is 1.07. The molecule has 7 heteroatoms. The minimum absolute atomic E-state index is 0.107. The van der Waals surface area contributed by atoms with Crippen molar-refractivity contribution in [1.82, 2.24) is 19.8 Å². The Labute approximate surface area is 71.6 Å². The zero-order valence-electron chi connectivity index (χ0n) is 6.08. The number of hydrogen-bond donors (Lipinski definition) is 2. The smallest absolute Gasteiger partial charge is 0.234 e. The molecule has 0 aliphatic carbocycles. The van der Waals surface area contributed by atoms with Crippen LogP contribution in [0.2, 0.25) is 0 Å². The summed E-state index contributed by atoms with van der Waals surface area (Å²) in [6.07, 6.45) is 1.50. The molecule has 0 spiro atoms. The Hall–Kier alpha value is -1.05. The zero-order chi connectivity index (χ0) is 8.55. The molecule has 0 saturated heterocycles. The van der Waals surface area contributed by atoms with Crippen molar-refractivity contribution in [2.75, 3.05) is 6.61 Å². The molecular weight excluding hydrogens is 178 g/mol. The van der Waals surface area contributed by atoms with Gasteiger partial charge < -0.3 is 10.8 Å². The van der Waals surface area contributed by atoms with Gasteiger partial charge in [0.2, 0.25) is 4.96 Å². The van der Waals surface area contributed by atoms with E-state index in [2.05, 4.69) is 15.3 Å². The van der Waals surface area contributed by atoms with Crippen molar-refractivity contribution < 1.29 is 5.11 Å². The van der Waals surface area contributed by atoms with Gasteiger partial charge in [-0.3, -0.25) is 0 Å². The molecule has 2 heterocycles. The summed E-state index contributed by atoms with van der Waals surface area (Å²) in [5.41, 5.74) is 5.55. The molecule has 12 heavy (non-hydrogen) atoms. The quantitative estimate of drug-likeness (QED) is 0.638. The zero-order valence-corrected chi connectivity index (χ0v) is 6.90. The van der Waals surface area contributed by atoms with Crippen LogP contribution in [0.15, 0.2) is 6.33 Å². The summed E-state index contributed by atoms with van der Waals surface area (Å²) >= 11 is 1.33. The van der Waals surface area contributed by atoms with Gasteiger partial charge in [0.25, 0.3) is 0 Å². The maximum Gasteiger partial charge on any atom is 0.234 e. The molecule has 0 aliphatic rings. The third-order valence-electron chi connectivity index (χ3n) is 1.42. The van der Waals surface area contributed by atoms with Gasteiger partial charge in [-0.05, 0) is 0 Å². The van der Waals surface area contributed by atoms with Crippen molar-refractivity contribution in [2.24, 2.45) is 5.73 Å². The highest BCUT2D eigenvalue weighted by molar-refractivity contribution is 7.16. The lowest BCUT2D eigenvalue weighted by Crippen LogP contribution is -2.14. The minimum atomic E-state index is -0.420. The van der Waals surface area contributed by atoms with E-state index in [1.807, 2.05) is 0 Å². The van der Waals surface area contributed by atoms with E-state index in [-0.39, 0.29) is 6.61 Å². The van der Waals surface area contributed by atoms with Crippen molar-refractivity contribution in [1.29, 1.82) is 0 Å². The largest absolute Gasteiger partial charge is 0.394 e. The number of nitrogens with zero attached hydrogens (tertiary/aromatic N) is 4. The molecule has 0 aliphatic heterocycles. The van der Waals surface area contributed by atoms with Crippen LogP contribution in [0.4, 0.5) is 0 Å². The van der Waals surface area contributed by atoms with Crippen molar-refractivity contribution in [3.8, 4) is 0 Å². The fraction of sp³-hybridized carbons (Fsp3) is 0.400. The van der Waals surface area contributed by atoms with Gasteiger partial charge in [-0.25, -0.2) is 0 Å². The molecule has 0 aromatic carbocycles. The molecule has 1 atom stereocenters. The van der Waals surface area contributed by atoms with Crippen LogP contribution in [-0.2, 0) is 0 Å². The van der Waals surface area contributed by atoms with E-state index < -0.39 is 6.04 Å². The molecule has 2 rings (SSSR count). The summed E-state index contributed by atoms with van der Waals surface area (Å²) in [7, 11) is 0. The third-order valence-corrected chi connectivity index (χ3v) is 2.46. The first-order valence-corrected chi connectivity index (χ1v) is 4.16. The van der Waals surface area contributed by atoms with E-state index >= 15 is 0 Å². The molecular formula is C5H7N5OS. The van der Waals surface area contributed by atoms with Gasteiger partial charge >= 0.3 is 0 Å². The molecule has 0 fully saturated rings. The highest BCUT2D eigenvalue weighted by atomic mass is 32.1. The summed E-state index contributed by atoms with van der Waals surface area (Å²) in [4.78, 5) is 0.689. The van der Waals surface area contributed by atoms with Crippen LogP contribution < -0.4 is 5.73 Å². The predicted octanol–water partition coefficient (Wildman–Crippen LogP) is -0.822. The maximum absolute atomic E-state index is 8.75. The number of rotatable bonds is 2. The van der Waals surface area contributed by atoms with E-state index in [0.717, 1.165) is 0 Å². The normalized spacial score (nSPS) is 13.8. The fourth-order valence-corrected chi connectivity index (χ4v) is 1.61. The standard InChI is InChI=1S/C5H7N5OS/c6-3(1-11)4-9-10-2-7-8-5(10)12-4/h2-3,11H,1,6H2. The summed E-state index contributed by atoms with van der Waals surface area (Å²) < 4.78 is 1.54. The number of fused-ring (bicyclic) bond motifs is 1. The topological polar surface area (TPSA) is 89.3 Å². The molecule has 6 nitrogen and oxygen atoms in total. The SMILES string of the molecule is NC(CO)c1nn2cnnc2s1. The second kappa shape index (κ2) is 2.77. The van der Waals surface area contributed by atoms with Gasteiger partial charge in [0.1, 0.15) is 11.3 Å². The second-order valence-electron chi connectivity index (χ2n) is 2.29. The monoisotopic (exact) mass is 185 g/mol. The van der Waals surface area contributed by atoms with Gasteiger partial charge in [-0.1, -0.05) is 11.3 Å². The summed E-state index contributed by atoms with van der Waals surface area (Å²) in [5, 5.41) is 20.9. The van der Waals surface area contributed by atoms with E-state index in [9.17, 15) is 0 Å². The number of aromatic nitrogens is 4. The molecule has 0 bridgehead atoms. The Kier molecular flexibility index (Phi) is 1.75. The number of aliphatic hydroxyl groups excluding tert-OH is 1. The molecule has 0 amide bonds. The van der Waals surface area contributed by atoms with Crippen LogP contribution in [0.3, 0.4) is 0 Å². The van der Waals surface area contributed by atoms with Gasteiger partial charge in [0.15, 0.2) is 0 Å². The highest BCUT2D eigenvalue weighted by Crippen LogP contribution is 2.16. The van der Waals surface area contributed by atoms with Crippen molar-refractivity contribution in [3.05, 3.63) is 11.3 Å². The molecule has 2 aromatic heterocycles. The van der Waals surface area contributed by atoms with Gasteiger partial charge in [-0.15, -0.1) is 10.2 Å². The Morgan fingerprint density at radius 3 is 3.25 bits per heavy atom. The van der Waals surface area contributed by atoms with Crippen LogP contribution in [0.5, 0.6) is 0 Å². The Morgan fingerprint density at radius 1 is 1.75 bits per heavy atom. The Balaban J connectivity index is 2.44. The van der Waals surface area contributed by atoms with Gasteiger partial charge in [0, 0.05) is 0 Å². The van der Waals surface area contributed by atoms with Gasteiger partial charge in [0.05, 0.1) is 12.6 Å². The van der Waals surface area contributed by atoms with Crippen molar-refractivity contribution in [3.63, 3.8) is 0 Å². The van der Waals surface area contributed by atoms with Crippen LogP contribution in [0.25, 0.3) is 4.96 Å². The molecule has 0 saturated carbocycles. The van der Waals surface area contributed by atoms with E-state index in [1.54, 1.807) is 0 Å². The van der Waals surface area contributed by atoms with Crippen LogP contribution in [-0.4, -0.2) is 31.5 Å². The Bertz CT molecular complexity index is 353. The Morgan fingerprint density at radius 2 is 2.58 bits per heavy atom. The van der Waals surface area contributed by atoms with E-state index in [0.29, 0.717) is 9.97 Å². The predicted molar refractivity (Wildman–Crippen MR) is 42.7 cm³/mol. The van der Waals surface area contributed by atoms with Gasteiger partial charge in [-0.2, -0.15) is 9.61 Å². The van der Waals surface area contributed by atoms with E-state index in [4.69, 9.17) is 10.8 Å². The summed E-state index contributed by atoms with van der Waals surface area (Å²) in [6.45, 7) is -0.107. The first-order chi connectivity index (χ1) is 5.81. The second-order valence-corrected chi connectivity index (χ2v) is 3.27. The van der Waals surface area contributed by atoms with Crippen LogP contribution >= 0.6 is 11.3 Å². The summed E-state index contributed by atoms with van der Waals surface area (Å²) in [5.74, 6) is 0. The molecule has 64 valence electrons. The maximum atomic E-state index is 8.75. The first kappa shape index (κ1) is 7.59. The van der Waals surface area contributed by atoms with Crippen LogP contribution in [0.1, 0.15) is 11.0 Å². The number of hydrogen-bond acceptors (Lipinski definition) is 6. The summed E-state index contributed by atoms with van der Waals surface area (Å²) in [6, 6.07) is -0.420. The first-order valence-electron chi connectivity index (χ1n) is 3.34. The lowest BCUT2D eigenvalue weighted by Gasteiger charge is -1.99. The molecule has 0 radical (unpaired) electrons. The fourth-order valence-electron chi connectivity index (χ4n) is 0.803. The molecule has 1 unspecified atom stereocenters. The highest BCUT2D eigenvalue weighted by Gasteiger charge is 2.11. The van der Waals surface area contributed by atoms with Crippen molar-refractivity contribution in [2.45, 2.75) is 6.04 Å². The number of nitrogens with two attached hydrogens (primary N) is 1.